The predicted octanol–water partition coefficient (Wildman–Crippen LogP) is -3.45. The molecule has 0 bridgehead atoms. The summed E-state index contributed by atoms with van der Waals surface area (Å²) in [6.07, 6.45) is -4.68. The second-order valence-electron chi connectivity index (χ2n) is 5.69. The molecule has 1 aromatic rings. The molecule has 6 atom stereocenters. The molecule has 134 valence electrons. The number of aromatic amines is 1. The van der Waals surface area contributed by atoms with Gasteiger partial charge in [-0.25, -0.2) is 4.79 Å². The van der Waals surface area contributed by atoms with Crippen molar-refractivity contribution in [2.75, 3.05) is 6.54 Å². The highest BCUT2D eigenvalue weighted by atomic mass is 16.6. The number of aliphatic hydroxyl groups is 2. The second kappa shape index (κ2) is 7.23. The lowest BCUT2D eigenvalue weighted by Crippen LogP contribution is -2.53. The van der Waals surface area contributed by atoms with Gasteiger partial charge in [-0.2, -0.15) is 0 Å². The minimum Gasteiger partial charge on any atom is -0.480 e. The van der Waals surface area contributed by atoms with Crippen LogP contribution in [-0.2, 0) is 9.53 Å². The molecule has 11 nitrogen and oxygen atoms in total. The number of hydrogen-bond donors (Lipinski definition) is 6. The van der Waals surface area contributed by atoms with Gasteiger partial charge in [-0.15, -0.1) is 0 Å². The van der Waals surface area contributed by atoms with Gasteiger partial charge in [-0.3, -0.25) is 19.1 Å². The molecule has 1 aliphatic heterocycles. The van der Waals surface area contributed by atoms with E-state index in [0.717, 1.165) is 16.8 Å². The van der Waals surface area contributed by atoms with E-state index in [1.54, 1.807) is 6.92 Å². The Morgan fingerprint density at radius 1 is 1.46 bits per heavy atom. The summed E-state index contributed by atoms with van der Waals surface area (Å²) in [6.45, 7) is 1.80. The maximum absolute atomic E-state index is 11.8. The minimum absolute atomic E-state index is 0.142. The lowest BCUT2D eigenvalue weighted by atomic mass is 10.0. The number of aromatic nitrogens is 2. The summed E-state index contributed by atoms with van der Waals surface area (Å²) in [4.78, 5) is 36.3. The number of aliphatic carboxylic acids is 1. The number of ether oxygens (including phenoxy) is 1. The van der Waals surface area contributed by atoms with Crippen LogP contribution in [0.5, 0.6) is 0 Å². The standard InChI is InChI=1S/C13H20N4O7/c1-5(14)4-15-7(12(21)22)10-8(19)9(20)11(24-10)17-3-2-6(18)16-13(17)23/h2-3,5,7-11,15,19-20H,4,14H2,1H3,(H,21,22)(H,16,18,23)/t5-,7?,8?,9?,10?,11?/m1/s1. The SMILES string of the molecule is C[C@@H](N)CNC(C(=O)O)C1OC(n2ccc(=O)[nH]c2=O)C(O)C1O. The zero-order chi connectivity index (χ0) is 18.0. The largest absolute Gasteiger partial charge is 0.480 e. The predicted molar refractivity (Wildman–Crippen MR) is 80.3 cm³/mol. The molecule has 5 unspecified atom stereocenters. The summed E-state index contributed by atoms with van der Waals surface area (Å²) in [6, 6.07) is -0.641. The molecule has 2 rings (SSSR count). The zero-order valence-electron chi connectivity index (χ0n) is 12.8. The fourth-order valence-electron chi connectivity index (χ4n) is 2.48. The third kappa shape index (κ3) is 3.71. The number of rotatable bonds is 6. The third-order valence-electron chi connectivity index (χ3n) is 3.65. The van der Waals surface area contributed by atoms with Crippen LogP contribution in [0.25, 0.3) is 0 Å². The van der Waals surface area contributed by atoms with Crippen molar-refractivity contribution in [3.8, 4) is 0 Å². The maximum Gasteiger partial charge on any atom is 0.330 e. The van der Waals surface area contributed by atoms with Gasteiger partial charge in [0.1, 0.15) is 24.4 Å². The first-order valence-electron chi connectivity index (χ1n) is 7.27. The van der Waals surface area contributed by atoms with Gasteiger partial charge in [-0.05, 0) is 6.92 Å². The summed E-state index contributed by atoms with van der Waals surface area (Å²) < 4.78 is 6.28. The Bertz CT molecular complexity index is 700. The molecule has 2 heterocycles. The Kier molecular flexibility index (Phi) is 5.51. The first-order valence-corrected chi connectivity index (χ1v) is 7.27. The molecule has 1 aromatic heterocycles. The van der Waals surface area contributed by atoms with E-state index < -0.39 is 47.8 Å². The van der Waals surface area contributed by atoms with Gasteiger partial charge in [0, 0.05) is 24.8 Å². The molecule has 1 aliphatic rings. The van der Waals surface area contributed by atoms with Crippen molar-refractivity contribution in [2.24, 2.45) is 5.73 Å². The van der Waals surface area contributed by atoms with Crippen molar-refractivity contribution in [3.05, 3.63) is 33.1 Å². The van der Waals surface area contributed by atoms with E-state index in [9.17, 15) is 29.7 Å². The Hall–Kier alpha value is -2.05. The van der Waals surface area contributed by atoms with E-state index in [-0.39, 0.29) is 12.6 Å². The van der Waals surface area contributed by atoms with Gasteiger partial charge < -0.3 is 31.1 Å². The van der Waals surface area contributed by atoms with Crippen LogP contribution in [0.1, 0.15) is 13.2 Å². The van der Waals surface area contributed by atoms with Crippen LogP contribution >= 0.6 is 0 Å². The smallest absolute Gasteiger partial charge is 0.330 e. The number of nitrogens with two attached hydrogens (primary N) is 1. The summed E-state index contributed by atoms with van der Waals surface area (Å²) >= 11 is 0. The molecule has 1 saturated heterocycles. The number of carbonyl (C=O) groups is 1. The summed E-state index contributed by atoms with van der Waals surface area (Å²) in [7, 11) is 0. The number of carboxylic acid groups (broad SMARTS) is 1. The molecule has 0 aromatic carbocycles. The molecular weight excluding hydrogens is 324 g/mol. The van der Waals surface area contributed by atoms with Crippen molar-refractivity contribution >= 4 is 5.97 Å². The van der Waals surface area contributed by atoms with Crippen molar-refractivity contribution in [1.82, 2.24) is 14.9 Å². The lowest BCUT2D eigenvalue weighted by Gasteiger charge is -2.24. The Labute approximate surface area is 135 Å². The molecule has 0 amide bonds. The van der Waals surface area contributed by atoms with E-state index in [4.69, 9.17) is 10.5 Å². The fraction of sp³-hybridized carbons (Fsp3) is 0.615. The van der Waals surface area contributed by atoms with E-state index in [0.29, 0.717) is 0 Å². The zero-order valence-corrected chi connectivity index (χ0v) is 12.8. The lowest BCUT2D eigenvalue weighted by molar-refractivity contribution is -0.146. The number of hydrogen-bond acceptors (Lipinski definition) is 8. The van der Waals surface area contributed by atoms with Crippen LogP contribution in [0.2, 0.25) is 0 Å². The van der Waals surface area contributed by atoms with Crippen LogP contribution in [0.3, 0.4) is 0 Å². The highest BCUT2D eigenvalue weighted by molar-refractivity contribution is 5.74. The minimum atomic E-state index is -1.56. The van der Waals surface area contributed by atoms with Gasteiger partial charge in [-0.1, -0.05) is 0 Å². The fourth-order valence-corrected chi connectivity index (χ4v) is 2.48. The number of nitrogens with zero attached hydrogens (tertiary/aromatic N) is 1. The Morgan fingerprint density at radius 2 is 2.12 bits per heavy atom. The highest BCUT2D eigenvalue weighted by Gasteiger charge is 2.49. The van der Waals surface area contributed by atoms with Gasteiger partial charge in [0.05, 0.1) is 0 Å². The number of H-pyrrole nitrogens is 1. The van der Waals surface area contributed by atoms with Gasteiger partial charge >= 0.3 is 11.7 Å². The maximum atomic E-state index is 11.8. The third-order valence-corrected chi connectivity index (χ3v) is 3.65. The molecule has 11 heteroatoms. The normalized spacial score (nSPS) is 29.3. The summed E-state index contributed by atoms with van der Waals surface area (Å²) in [5, 5.41) is 32.2. The van der Waals surface area contributed by atoms with Crippen LogP contribution in [0.15, 0.2) is 21.9 Å². The van der Waals surface area contributed by atoms with Crippen molar-refractivity contribution in [1.29, 1.82) is 0 Å². The molecular formula is C13H20N4O7. The number of carboxylic acids is 1. The first kappa shape index (κ1) is 18.3. The molecule has 24 heavy (non-hydrogen) atoms. The van der Waals surface area contributed by atoms with Crippen LogP contribution in [0.4, 0.5) is 0 Å². The topological polar surface area (TPSA) is 180 Å². The quantitative estimate of drug-likeness (QED) is 0.306. The van der Waals surface area contributed by atoms with Crippen LogP contribution in [0, 0.1) is 0 Å². The van der Waals surface area contributed by atoms with Crippen molar-refractivity contribution < 1.29 is 24.9 Å². The molecule has 0 aliphatic carbocycles. The van der Waals surface area contributed by atoms with Gasteiger partial charge in [0.2, 0.25) is 0 Å². The van der Waals surface area contributed by atoms with Gasteiger partial charge in [0.15, 0.2) is 6.23 Å². The van der Waals surface area contributed by atoms with E-state index in [1.807, 2.05) is 4.98 Å². The van der Waals surface area contributed by atoms with Crippen LogP contribution in [-0.4, -0.2) is 67.8 Å². The second-order valence-corrected chi connectivity index (χ2v) is 5.69. The molecule has 1 fully saturated rings. The van der Waals surface area contributed by atoms with Gasteiger partial charge in [0.25, 0.3) is 5.56 Å². The first-order chi connectivity index (χ1) is 11.2. The summed E-state index contributed by atoms with van der Waals surface area (Å²) in [5.74, 6) is -1.30. The van der Waals surface area contributed by atoms with Crippen LogP contribution < -0.4 is 22.3 Å². The Balaban J connectivity index is 2.26. The molecule has 0 saturated carbocycles. The monoisotopic (exact) mass is 344 g/mol. The van der Waals surface area contributed by atoms with E-state index in [1.165, 1.54) is 0 Å². The van der Waals surface area contributed by atoms with Crippen molar-refractivity contribution in [2.45, 2.75) is 43.5 Å². The molecule has 0 radical (unpaired) electrons. The Morgan fingerprint density at radius 3 is 2.67 bits per heavy atom. The summed E-state index contributed by atoms with van der Waals surface area (Å²) in [5.41, 5.74) is 4.08. The van der Waals surface area contributed by atoms with Crippen molar-refractivity contribution in [3.63, 3.8) is 0 Å². The average molecular weight is 344 g/mol. The number of aliphatic hydroxyl groups excluding tert-OH is 2. The molecule has 0 spiro atoms. The highest BCUT2D eigenvalue weighted by Crippen LogP contribution is 2.30. The average Bonchev–Trinajstić information content (AvgIpc) is 2.76. The van der Waals surface area contributed by atoms with E-state index >= 15 is 0 Å². The molecule has 7 N–H and O–H groups in total. The number of nitrogens with one attached hydrogen (secondary N) is 2. The van der Waals surface area contributed by atoms with E-state index in [2.05, 4.69) is 5.32 Å².